The number of aliphatic hydroxyl groups is 1. The number of phenolic OH excluding ortho intramolecular Hbond substituents is 1. The maximum absolute atomic E-state index is 11.1. The summed E-state index contributed by atoms with van der Waals surface area (Å²) >= 11 is 0. The van der Waals surface area contributed by atoms with Gasteiger partial charge in [-0.3, -0.25) is 4.79 Å². The first-order valence-electron chi connectivity index (χ1n) is 5.15. The lowest BCUT2D eigenvalue weighted by Gasteiger charge is -2.05. The van der Waals surface area contributed by atoms with Crippen LogP contribution < -0.4 is 5.32 Å². The molecule has 1 aromatic carbocycles. The fraction of sp³-hybridized carbons (Fsp3) is 0.167. The summed E-state index contributed by atoms with van der Waals surface area (Å²) in [6.45, 7) is 0. The van der Waals surface area contributed by atoms with Crippen LogP contribution in [-0.2, 0) is 16.0 Å². The second-order valence-corrected chi connectivity index (χ2v) is 3.48. The van der Waals surface area contributed by atoms with Gasteiger partial charge in [0.15, 0.2) is 0 Å². The van der Waals surface area contributed by atoms with Crippen LogP contribution in [0.1, 0.15) is 5.56 Å². The van der Waals surface area contributed by atoms with Gasteiger partial charge < -0.3 is 20.6 Å². The van der Waals surface area contributed by atoms with E-state index in [1.807, 2.05) is 5.32 Å². The van der Waals surface area contributed by atoms with Gasteiger partial charge in [0.25, 0.3) is 0 Å². The van der Waals surface area contributed by atoms with E-state index in [2.05, 4.69) is 0 Å². The number of hydrogen-bond acceptors (Lipinski definition) is 4. The summed E-state index contributed by atoms with van der Waals surface area (Å²) in [4.78, 5) is 21.4. The number of benzene rings is 1. The van der Waals surface area contributed by atoms with Crippen molar-refractivity contribution < 1.29 is 24.9 Å². The van der Waals surface area contributed by atoms with Gasteiger partial charge in [-0.25, -0.2) is 4.79 Å². The number of carbonyl (C=O) groups is 2. The van der Waals surface area contributed by atoms with Crippen molar-refractivity contribution in [3.63, 3.8) is 0 Å². The summed E-state index contributed by atoms with van der Waals surface area (Å²) in [5.41, 5.74) is 0.639. The van der Waals surface area contributed by atoms with Crippen LogP contribution in [0.5, 0.6) is 5.75 Å². The lowest BCUT2D eigenvalue weighted by molar-refractivity contribution is -0.150. The Morgan fingerprint density at radius 3 is 2.61 bits per heavy atom. The Bertz CT molecular complexity index is 469. The van der Waals surface area contributed by atoms with Crippen molar-refractivity contribution in [3.05, 3.63) is 42.0 Å². The fourth-order valence-electron chi connectivity index (χ4n) is 1.22. The number of aliphatic carboxylic acids is 1. The monoisotopic (exact) mass is 251 g/mol. The number of carboxylic acids is 1. The van der Waals surface area contributed by atoms with Crippen LogP contribution >= 0.6 is 0 Å². The maximum Gasteiger partial charge on any atom is 0.353 e. The highest BCUT2D eigenvalue weighted by Gasteiger charge is 2.13. The summed E-state index contributed by atoms with van der Waals surface area (Å²) in [5.74, 6) is -2.13. The maximum atomic E-state index is 11.1. The second-order valence-electron chi connectivity index (χ2n) is 3.48. The van der Waals surface area contributed by atoms with Crippen molar-refractivity contribution in [3.8, 4) is 5.75 Å². The molecule has 0 saturated heterocycles. The van der Waals surface area contributed by atoms with E-state index in [1.165, 1.54) is 12.1 Å². The van der Waals surface area contributed by atoms with Crippen LogP contribution in [0.15, 0.2) is 36.4 Å². The van der Waals surface area contributed by atoms with Gasteiger partial charge in [-0.05, 0) is 24.1 Å². The first-order valence-corrected chi connectivity index (χ1v) is 5.15. The zero-order chi connectivity index (χ0) is 13.5. The molecule has 96 valence electrons. The third-order valence-corrected chi connectivity index (χ3v) is 2.11. The number of aromatic hydroxyl groups is 1. The number of allylic oxidation sites excluding steroid dienone is 1. The quantitative estimate of drug-likeness (QED) is 0.435. The molecule has 0 bridgehead atoms. The number of amides is 1. The zero-order valence-electron chi connectivity index (χ0n) is 9.41. The molecule has 18 heavy (non-hydrogen) atoms. The predicted octanol–water partition coefficient (Wildman–Crippen LogP) is 0.0101. The molecule has 0 aliphatic carbocycles. The van der Waals surface area contributed by atoms with Crippen molar-refractivity contribution in [2.24, 2.45) is 0 Å². The lowest BCUT2D eigenvalue weighted by atomic mass is 10.1. The SMILES string of the molecule is O=C(C=CCc1ccccc1O)NC(O)C(=O)O. The molecule has 4 N–H and O–H groups in total. The number of nitrogens with one attached hydrogen (secondary N) is 1. The highest BCUT2D eigenvalue weighted by Crippen LogP contribution is 2.16. The average Bonchev–Trinajstić information content (AvgIpc) is 2.31. The summed E-state index contributed by atoms with van der Waals surface area (Å²) < 4.78 is 0. The van der Waals surface area contributed by atoms with Gasteiger partial charge >= 0.3 is 5.97 Å². The number of hydrogen-bond donors (Lipinski definition) is 4. The smallest absolute Gasteiger partial charge is 0.353 e. The molecule has 1 rings (SSSR count). The molecule has 0 aliphatic rings. The molecule has 0 fully saturated rings. The van der Waals surface area contributed by atoms with Crippen LogP contribution in [0.25, 0.3) is 0 Å². The Labute approximate surface area is 103 Å². The summed E-state index contributed by atoms with van der Waals surface area (Å²) in [6, 6.07) is 6.65. The Hall–Kier alpha value is -2.34. The summed E-state index contributed by atoms with van der Waals surface area (Å²) in [5, 5.41) is 28.5. The fourth-order valence-corrected chi connectivity index (χ4v) is 1.22. The Morgan fingerprint density at radius 1 is 1.33 bits per heavy atom. The standard InChI is InChI=1S/C12H13NO5/c14-9-6-2-1-4-8(9)5-3-7-10(15)13-11(16)12(17)18/h1-4,6-7,11,14,16H,5H2,(H,13,15)(H,17,18). The number of carbonyl (C=O) groups excluding carboxylic acids is 1. The molecule has 1 unspecified atom stereocenters. The van der Waals surface area contributed by atoms with Gasteiger partial charge in [-0.15, -0.1) is 0 Å². The lowest BCUT2D eigenvalue weighted by Crippen LogP contribution is -2.39. The molecule has 6 nitrogen and oxygen atoms in total. The molecule has 0 heterocycles. The minimum Gasteiger partial charge on any atom is -0.508 e. The van der Waals surface area contributed by atoms with Crippen LogP contribution in [0.2, 0.25) is 0 Å². The molecular weight excluding hydrogens is 238 g/mol. The molecule has 1 aromatic rings. The molecular formula is C12H13NO5. The van der Waals surface area contributed by atoms with E-state index in [9.17, 15) is 14.7 Å². The zero-order valence-corrected chi connectivity index (χ0v) is 9.41. The van der Waals surface area contributed by atoms with Crippen LogP contribution in [-0.4, -0.2) is 33.4 Å². The largest absolute Gasteiger partial charge is 0.508 e. The van der Waals surface area contributed by atoms with Gasteiger partial charge in [0.1, 0.15) is 5.75 Å². The van der Waals surface area contributed by atoms with Gasteiger partial charge in [0.05, 0.1) is 0 Å². The van der Waals surface area contributed by atoms with E-state index in [1.54, 1.807) is 18.2 Å². The average molecular weight is 251 g/mol. The first-order chi connectivity index (χ1) is 8.50. The minimum atomic E-state index is -1.92. The van der Waals surface area contributed by atoms with Gasteiger partial charge in [-0.1, -0.05) is 24.3 Å². The van der Waals surface area contributed by atoms with E-state index in [0.717, 1.165) is 6.08 Å². The molecule has 0 saturated carbocycles. The van der Waals surface area contributed by atoms with Gasteiger partial charge in [0.2, 0.25) is 12.1 Å². The molecule has 0 aliphatic heterocycles. The van der Waals surface area contributed by atoms with Crippen molar-refractivity contribution in [1.82, 2.24) is 5.32 Å². The number of aliphatic hydroxyl groups excluding tert-OH is 1. The van der Waals surface area contributed by atoms with E-state index in [4.69, 9.17) is 10.2 Å². The van der Waals surface area contributed by atoms with E-state index < -0.39 is 18.1 Å². The Morgan fingerprint density at radius 2 is 2.00 bits per heavy atom. The van der Waals surface area contributed by atoms with Crippen LogP contribution in [0.4, 0.5) is 0 Å². The normalized spacial score (nSPS) is 12.3. The summed E-state index contributed by atoms with van der Waals surface area (Å²) in [7, 11) is 0. The molecule has 0 spiro atoms. The first kappa shape index (κ1) is 13.7. The van der Waals surface area contributed by atoms with E-state index >= 15 is 0 Å². The second kappa shape index (κ2) is 6.41. The third-order valence-electron chi connectivity index (χ3n) is 2.11. The van der Waals surface area contributed by atoms with E-state index in [-0.39, 0.29) is 5.75 Å². The van der Waals surface area contributed by atoms with Crippen LogP contribution in [0.3, 0.4) is 0 Å². The molecule has 6 heteroatoms. The Balaban J connectivity index is 2.48. The minimum absolute atomic E-state index is 0.119. The number of carboxylic acid groups (broad SMARTS) is 1. The molecule has 0 radical (unpaired) electrons. The van der Waals surface area contributed by atoms with Crippen LogP contribution in [0, 0.1) is 0 Å². The number of rotatable bonds is 5. The highest BCUT2D eigenvalue weighted by molar-refractivity contribution is 5.90. The Kier molecular flexibility index (Phi) is 4.89. The van der Waals surface area contributed by atoms with Crippen molar-refractivity contribution >= 4 is 11.9 Å². The van der Waals surface area contributed by atoms with Crippen molar-refractivity contribution in [2.75, 3.05) is 0 Å². The number of para-hydroxylation sites is 1. The summed E-state index contributed by atoms with van der Waals surface area (Å²) in [6.07, 6.45) is 0.952. The van der Waals surface area contributed by atoms with Crippen molar-refractivity contribution in [2.45, 2.75) is 12.6 Å². The van der Waals surface area contributed by atoms with Gasteiger partial charge in [-0.2, -0.15) is 0 Å². The topological polar surface area (TPSA) is 107 Å². The molecule has 1 atom stereocenters. The molecule has 0 aromatic heterocycles. The predicted molar refractivity (Wildman–Crippen MR) is 62.7 cm³/mol. The third kappa shape index (κ3) is 4.26. The van der Waals surface area contributed by atoms with Crippen molar-refractivity contribution in [1.29, 1.82) is 0 Å². The number of phenols is 1. The molecule has 1 amide bonds. The van der Waals surface area contributed by atoms with Gasteiger partial charge in [0, 0.05) is 0 Å². The van der Waals surface area contributed by atoms with E-state index in [0.29, 0.717) is 12.0 Å². The highest BCUT2D eigenvalue weighted by atomic mass is 16.4.